The first-order valence-electron chi connectivity index (χ1n) is 9.76. The van der Waals surface area contributed by atoms with Crippen molar-refractivity contribution in [2.75, 3.05) is 52.9 Å². The van der Waals surface area contributed by atoms with Crippen LogP contribution in [0.15, 0.2) is 47.4 Å². The van der Waals surface area contributed by atoms with Crippen LogP contribution >= 0.6 is 12.2 Å². The van der Waals surface area contributed by atoms with E-state index in [1.54, 1.807) is 38.5 Å². The van der Waals surface area contributed by atoms with Crippen LogP contribution in [0.5, 0.6) is 11.5 Å². The Morgan fingerprint density at radius 2 is 1.81 bits per heavy atom. The van der Waals surface area contributed by atoms with Crippen molar-refractivity contribution in [3.05, 3.63) is 48.0 Å². The van der Waals surface area contributed by atoms with Crippen molar-refractivity contribution >= 4 is 33.0 Å². The molecule has 0 aliphatic carbocycles. The van der Waals surface area contributed by atoms with Gasteiger partial charge in [-0.25, -0.2) is 8.42 Å². The zero-order chi connectivity index (χ0) is 22.4. The van der Waals surface area contributed by atoms with Crippen LogP contribution in [-0.2, 0) is 21.3 Å². The molecule has 0 unspecified atom stereocenters. The van der Waals surface area contributed by atoms with Crippen molar-refractivity contribution in [3.63, 3.8) is 0 Å². The molecule has 1 aliphatic heterocycles. The molecule has 0 atom stereocenters. The lowest BCUT2D eigenvalue weighted by atomic mass is 10.2. The molecule has 0 aromatic heterocycles. The molecule has 1 N–H and O–H groups in total. The molecular formula is C21H27N3O5S2. The summed E-state index contributed by atoms with van der Waals surface area (Å²) in [4.78, 5) is 2.13. The van der Waals surface area contributed by atoms with Crippen LogP contribution in [-0.4, -0.2) is 70.3 Å². The standard InChI is InChI=1S/C21H27N3O5S2/c1-23(15-16-4-7-18(27-2)14-20(16)28-3)21(30)22-17-5-8-19(9-6-17)31(25,26)24-10-12-29-13-11-24/h4-9,14H,10-13,15H2,1-3H3,(H,22,30). The van der Waals surface area contributed by atoms with Crippen LogP contribution in [0.2, 0.25) is 0 Å². The van der Waals surface area contributed by atoms with E-state index in [0.29, 0.717) is 49.4 Å². The Balaban J connectivity index is 1.64. The lowest BCUT2D eigenvalue weighted by Crippen LogP contribution is -2.40. The van der Waals surface area contributed by atoms with Crippen molar-refractivity contribution in [2.45, 2.75) is 11.4 Å². The van der Waals surface area contributed by atoms with Crippen molar-refractivity contribution in [1.29, 1.82) is 0 Å². The predicted molar refractivity (Wildman–Crippen MR) is 123 cm³/mol. The van der Waals surface area contributed by atoms with E-state index in [9.17, 15) is 8.42 Å². The van der Waals surface area contributed by atoms with E-state index in [-0.39, 0.29) is 4.90 Å². The summed E-state index contributed by atoms with van der Waals surface area (Å²) in [5, 5.41) is 3.65. The van der Waals surface area contributed by atoms with Gasteiger partial charge in [-0.2, -0.15) is 4.31 Å². The molecule has 3 rings (SSSR count). The van der Waals surface area contributed by atoms with E-state index in [2.05, 4.69) is 5.32 Å². The first-order valence-corrected chi connectivity index (χ1v) is 11.6. The summed E-state index contributed by atoms with van der Waals surface area (Å²) in [6, 6.07) is 12.2. The van der Waals surface area contributed by atoms with Gasteiger partial charge in [-0.3, -0.25) is 0 Å². The molecule has 0 spiro atoms. The SMILES string of the molecule is COc1ccc(CN(C)C(=S)Nc2ccc(S(=O)(=O)N3CCOCC3)cc2)c(OC)c1. The lowest BCUT2D eigenvalue weighted by Gasteiger charge is -2.26. The van der Waals surface area contributed by atoms with Crippen LogP contribution in [0.4, 0.5) is 5.69 Å². The summed E-state index contributed by atoms with van der Waals surface area (Å²) in [5.74, 6) is 1.43. The minimum absolute atomic E-state index is 0.252. The van der Waals surface area contributed by atoms with Crippen molar-refractivity contribution in [1.82, 2.24) is 9.21 Å². The Morgan fingerprint density at radius 1 is 1.13 bits per heavy atom. The third-order valence-electron chi connectivity index (χ3n) is 4.96. The number of ether oxygens (including phenoxy) is 3. The van der Waals surface area contributed by atoms with Gasteiger partial charge >= 0.3 is 0 Å². The summed E-state index contributed by atoms with van der Waals surface area (Å²) in [5.41, 5.74) is 1.67. The molecule has 31 heavy (non-hydrogen) atoms. The van der Waals surface area contributed by atoms with Gasteiger partial charge in [0.2, 0.25) is 10.0 Å². The maximum absolute atomic E-state index is 12.7. The average molecular weight is 466 g/mol. The minimum atomic E-state index is -3.52. The number of nitrogens with one attached hydrogen (secondary N) is 1. The Labute approximate surface area is 188 Å². The van der Waals surface area contributed by atoms with E-state index in [0.717, 1.165) is 11.3 Å². The molecule has 0 amide bonds. The highest BCUT2D eigenvalue weighted by molar-refractivity contribution is 7.89. The highest BCUT2D eigenvalue weighted by Gasteiger charge is 2.26. The summed E-state index contributed by atoms with van der Waals surface area (Å²) in [6.07, 6.45) is 0. The molecule has 0 radical (unpaired) electrons. The highest BCUT2D eigenvalue weighted by Crippen LogP contribution is 2.26. The smallest absolute Gasteiger partial charge is 0.243 e. The number of hydrogen-bond acceptors (Lipinski definition) is 6. The third kappa shape index (κ3) is 5.65. The summed E-state index contributed by atoms with van der Waals surface area (Å²) in [7, 11) is 1.57. The zero-order valence-corrected chi connectivity index (χ0v) is 19.5. The molecule has 2 aromatic carbocycles. The van der Waals surface area contributed by atoms with Crippen LogP contribution < -0.4 is 14.8 Å². The number of anilines is 1. The Kier molecular flexibility index (Phi) is 7.71. The van der Waals surface area contributed by atoms with Gasteiger partial charge in [-0.15, -0.1) is 0 Å². The zero-order valence-electron chi connectivity index (χ0n) is 17.8. The molecule has 168 valence electrons. The monoisotopic (exact) mass is 465 g/mol. The number of nitrogens with zero attached hydrogens (tertiary/aromatic N) is 2. The Morgan fingerprint density at radius 3 is 2.42 bits per heavy atom. The fourth-order valence-corrected chi connectivity index (χ4v) is 4.77. The maximum Gasteiger partial charge on any atom is 0.243 e. The van der Waals surface area contributed by atoms with Gasteiger partial charge in [-0.05, 0) is 48.6 Å². The lowest BCUT2D eigenvalue weighted by molar-refractivity contribution is 0.0730. The van der Waals surface area contributed by atoms with E-state index in [1.165, 1.54) is 4.31 Å². The van der Waals surface area contributed by atoms with Gasteiger partial charge in [0, 0.05) is 44.0 Å². The number of methoxy groups -OCH3 is 2. The number of thiocarbonyl (C=S) groups is 1. The van der Waals surface area contributed by atoms with Crippen molar-refractivity contribution < 1.29 is 22.6 Å². The molecule has 8 nitrogen and oxygen atoms in total. The third-order valence-corrected chi connectivity index (χ3v) is 7.29. The number of rotatable bonds is 7. The Hall–Kier alpha value is -2.40. The summed E-state index contributed by atoms with van der Waals surface area (Å²) < 4.78 is 42.8. The normalized spacial score (nSPS) is 14.7. The topological polar surface area (TPSA) is 80.3 Å². The highest BCUT2D eigenvalue weighted by atomic mass is 32.2. The van der Waals surface area contributed by atoms with Crippen molar-refractivity contribution in [2.24, 2.45) is 0 Å². The fourth-order valence-electron chi connectivity index (χ4n) is 3.17. The minimum Gasteiger partial charge on any atom is -0.497 e. The quantitative estimate of drug-likeness (QED) is 0.625. The van der Waals surface area contributed by atoms with Crippen molar-refractivity contribution in [3.8, 4) is 11.5 Å². The predicted octanol–water partition coefficient (Wildman–Crippen LogP) is 2.55. The number of hydrogen-bond donors (Lipinski definition) is 1. The molecule has 2 aromatic rings. The first kappa shape index (κ1) is 23.3. The van der Waals surface area contributed by atoms with Crippen LogP contribution in [0.1, 0.15) is 5.56 Å². The molecule has 1 aliphatic rings. The van der Waals surface area contributed by atoms with E-state index in [4.69, 9.17) is 26.4 Å². The number of sulfonamides is 1. The first-order chi connectivity index (χ1) is 14.8. The second kappa shape index (κ2) is 10.3. The molecular weight excluding hydrogens is 438 g/mol. The van der Waals surface area contributed by atoms with Gasteiger partial charge in [0.25, 0.3) is 0 Å². The number of morpholine rings is 1. The van der Waals surface area contributed by atoms with Gasteiger partial charge < -0.3 is 24.4 Å². The largest absolute Gasteiger partial charge is 0.497 e. The van der Waals surface area contributed by atoms with Crippen LogP contribution in [0.25, 0.3) is 0 Å². The van der Waals surface area contributed by atoms with Crippen LogP contribution in [0, 0.1) is 0 Å². The van der Waals surface area contributed by atoms with Gasteiger partial charge in [0.1, 0.15) is 11.5 Å². The maximum atomic E-state index is 12.7. The summed E-state index contributed by atoms with van der Waals surface area (Å²) >= 11 is 5.50. The Bertz CT molecular complexity index is 1010. The van der Waals surface area contributed by atoms with E-state index >= 15 is 0 Å². The molecule has 1 fully saturated rings. The summed E-state index contributed by atoms with van der Waals surface area (Å²) in [6.45, 7) is 2.09. The fraction of sp³-hybridized carbons (Fsp3) is 0.381. The van der Waals surface area contributed by atoms with Crippen LogP contribution in [0.3, 0.4) is 0 Å². The average Bonchev–Trinajstić information content (AvgIpc) is 2.80. The molecule has 10 heteroatoms. The number of benzene rings is 2. The molecule has 0 bridgehead atoms. The van der Waals surface area contributed by atoms with Gasteiger partial charge in [-0.1, -0.05) is 0 Å². The van der Waals surface area contributed by atoms with E-state index in [1.807, 2.05) is 30.1 Å². The van der Waals surface area contributed by atoms with Gasteiger partial charge in [0.05, 0.1) is 32.3 Å². The molecule has 1 saturated heterocycles. The second-order valence-corrected chi connectivity index (χ2v) is 9.33. The molecule has 1 heterocycles. The van der Waals surface area contributed by atoms with Gasteiger partial charge in [0.15, 0.2) is 5.11 Å². The second-order valence-electron chi connectivity index (χ2n) is 7.00. The molecule has 0 saturated carbocycles. The van der Waals surface area contributed by atoms with E-state index < -0.39 is 10.0 Å².